The van der Waals surface area contributed by atoms with Crippen molar-refractivity contribution in [2.45, 2.75) is 21.9 Å². The highest BCUT2D eigenvalue weighted by Crippen LogP contribution is 2.40. The normalized spacial score (nSPS) is 15.3. The van der Waals surface area contributed by atoms with Crippen LogP contribution in [0.4, 0.5) is 0 Å². The molecule has 0 saturated carbocycles. The summed E-state index contributed by atoms with van der Waals surface area (Å²) in [4.78, 5) is 14.8. The van der Waals surface area contributed by atoms with Crippen LogP contribution in [0.25, 0.3) is 21.3 Å². The third kappa shape index (κ3) is 4.16. The topological polar surface area (TPSA) is 85.3 Å². The Morgan fingerprint density at radius 3 is 2.56 bits per heavy atom. The number of aromatic nitrogens is 3. The lowest BCUT2D eigenvalue weighted by molar-refractivity contribution is 0.0730. The fraction of sp³-hybridized carbons (Fsp3) is 0.227. The molecule has 4 aromatic rings. The summed E-state index contributed by atoms with van der Waals surface area (Å²) in [5.41, 5.74) is 2.19. The van der Waals surface area contributed by atoms with Crippen molar-refractivity contribution in [2.24, 2.45) is 0 Å². The average molecular weight is 485 g/mol. The molecule has 3 aromatic heterocycles. The summed E-state index contributed by atoms with van der Waals surface area (Å²) in [7, 11) is -3.57. The van der Waals surface area contributed by atoms with E-state index in [1.807, 2.05) is 25.1 Å². The van der Waals surface area contributed by atoms with Crippen LogP contribution in [0, 0.1) is 6.92 Å². The maximum absolute atomic E-state index is 12.8. The molecule has 164 valence electrons. The van der Waals surface area contributed by atoms with Crippen LogP contribution in [-0.2, 0) is 14.8 Å². The van der Waals surface area contributed by atoms with Crippen LogP contribution in [0.5, 0.6) is 0 Å². The monoisotopic (exact) mass is 484 g/mol. The highest BCUT2D eigenvalue weighted by Gasteiger charge is 2.26. The number of ether oxygens (including phenoxy) is 1. The lowest BCUT2D eigenvalue weighted by atomic mass is 10.1. The maximum Gasteiger partial charge on any atom is 0.244 e. The Balaban J connectivity index is 1.48. The van der Waals surface area contributed by atoms with E-state index in [-0.39, 0.29) is 4.90 Å². The minimum Gasteiger partial charge on any atom is -0.379 e. The Hall–Kier alpha value is -2.37. The van der Waals surface area contributed by atoms with E-state index < -0.39 is 10.0 Å². The predicted molar refractivity (Wildman–Crippen MR) is 126 cm³/mol. The van der Waals surface area contributed by atoms with Crippen molar-refractivity contribution in [3.05, 3.63) is 59.9 Å². The first-order chi connectivity index (χ1) is 15.5. The molecule has 32 heavy (non-hydrogen) atoms. The lowest BCUT2D eigenvalue weighted by Gasteiger charge is -2.25. The van der Waals surface area contributed by atoms with Crippen molar-refractivity contribution in [2.75, 3.05) is 26.3 Å². The molecule has 0 radical (unpaired) electrons. The van der Waals surface area contributed by atoms with Gasteiger partial charge in [0.15, 0.2) is 0 Å². The molecule has 1 aliphatic rings. The fourth-order valence-electron chi connectivity index (χ4n) is 3.53. The molecule has 0 aliphatic carbocycles. The van der Waals surface area contributed by atoms with Gasteiger partial charge >= 0.3 is 0 Å². The molecule has 0 atom stereocenters. The van der Waals surface area contributed by atoms with Gasteiger partial charge < -0.3 is 4.74 Å². The van der Waals surface area contributed by atoms with Gasteiger partial charge in [-0.3, -0.25) is 0 Å². The van der Waals surface area contributed by atoms with Gasteiger partial charge in [-0.1, -0.05) is 30.3 Å². The molecule has 10 heteroatoms. The van der Waals surface area contributed by atoms with E-state index in [1.54, 1.807) is 23.5 Å². The van der Waals surface area contributed by atoms with E-state index in [0.29, 0.717) is 37.2 Å². The second kappa shape index (κ2) is 8.87. The Labute approximate surface area is 194 Å². The maximum atomic E-state index is 12.8. The third-order valence-corrected chi connectivity index (χ3v) is 8.81. The second-order valence-corrected chi connectivity index (χ2v) is 11.0. The average Bonchev–Trinajstić information content (AvgIpc) is 3.25. The van der Waals surface area contributed by atoms with Crippen molar-refractivity contribution in [1.29, 1.82) is 0 Å². The SMILES string of the molecule is Cc1nc(Sc2ccc(S(=O)(=O)N3CCOCC3)cn2)c2c(-c3ccccc3)csc2n1. The van der Waals surface area contributed by atoms with Crippen LogP contribution in [-0.4, -0.2) is 54.0 Å². The Kier molecular flexibility index (Phi) is 5.95. The van der Waals surface area contributed by atoms with E-state index in [0.717, 1.165) is 26.4 Å². The van der Waals surface area contributed by atoms with E-state index in [2.05, 4.69) is 32.5 Å². The first kappa shape index (κ1) is 21.5. The number of rotatable bonds is 5. The zero-order valence-electron chi connectivity index (χ0n) is 17.3. The van der Waals surface area contributed by atoms with Gasteiger partial charge in [0.05, 0.1) is 18.6 Å². The first-order valence-corrected chi connectivity index (χ1v) is 13.2. The van der Waals surface area contributed by atoms with Gasteiger partial charge in [0.1, 0.15) is 25.6 Å². The smallest absolute Gasteiger partial charge is 0.244 e. The summed E-state index contributed by atoms with van der Waals surface area (Å²) in [5, 5.41) is 4.58. The van der Waals surface area contributed by atoms with Gasteiger partial charge in [-0.05, 0) is 36.4 Å². The lowest BCUT2D eigenvalue weighted by Crippen LogP contribution is -2.40. The molecule has 1 aliphatic heterocycles. The largest absolute Gasteiger partial charge is 0.379 e. The number of benzene rings is 1. The number of hydrogen-bond donors (Lipinski definition) is 0. The number of aryl methyl sites for hydroxylation is 1. The number of hydrogen-bond acceptors (Lipinski definition) is 8. The summed E-state index contributed by atoms with van der Waals surface area (Å²) in [6.07, 6.45) is 1.42. The van der Waals surface area contributed by atoms with Crippen molar-refractivity contribution >= 4 is 43.3 Å². The molecular weight excluding hydrogens is 464 g/mol. The molecule has 5 rings (SSSR count). The van der Waals surface area contributed by atoms with E-state index in [1.165, 1.54) is 22.3 Å². The zero-order chi connectivity index (χ0) is 22.1. The molecule has 0 N–H and O–H groups in total. The van der Waals surface area contributed by atoms with Gasteiger partial charge in [0.25, 0.3) is 0 Å². The minimum absolute atomic E-state index is 0.188. The number of sulfonamides is 1. The van der Waals surface area contributed by atoms with E-state index in [9.17, 15) is 8.42 Å². The van der Waals surface area contributed by atoms with Crippen molar-refractivity contribution in [3.63, 3.8) is 0 Å². The molecule has 1 aromatic carbocycles. The van der Waals surface area contributed by atoms with Crippen LogP contribution in [0.1, 0.15) is 5.82 Å². The predicted octanol–water partition coefficient (Wildman–Crippen LogP) is 4.23. The number of pyridine rings is 1. The molecule has 0 spiro atoms. The van der Waals surface area contributed by atoms with Crippen molar-refractivity contribution in [1.82, 2.24) is 19.3 Å². The first-order valence-electron chi connectivity index (χ1n) is 10.1. The second-order valence-electron chi connectivity index (χ2n) is 7.22. The molecule has 1 saturated heterocycles. The summed E-state index contributed by atoms with van der Waals surface area (Å²) in [5.74, 6) is 0.688. The van der Waals surface area contributed by atoms with Gasteiger partial charge in [-0.2, -0.15) is 4.31 Å². The van der Waals surface area contributed by atoms with Crippen LogP contribution in [0.3, 0.4) is 0 Å². The summed E-state index contributed by atoms with van der Waals surface area (Å²) >= 11 is 3.01. The summed E-state index contributed by atoms with van der Waals surface area (Å²) in [6.45, 7) is 3.41. The van der Waals surface area contributed by atoms with Gasteiger partial charge in [0, 0.05) is 30.2 Å². The highest BCUT2D eigenvalue weighted by atomic mass is 32.2. The van der Waals surface area contributed by atoms with Crippen LogP contribution in [0.15, 0.2) is 69.0 Å². The standard InChI is InChI=1S/C22H20N4O3S3/c1-15-24-21-20(18(14-30-21)16-5-3-2-4-6-16)22(25-15)31-19-8-7-17(13-23-19)32(27,28)26-9-11-29-12-10-26/h2-8,13-14H,9-12H2,1H3. The van der Waals surface area contributed by atoms with Crippen LogP contribution in [0.2, 0.25) is 0 Å². The number of nitrogens with zero attached hydrogens (tertiary/aromatic N) is 4. The molecule has 0 amide bonds. The fourth-order valence-corrected chi connectivity index (χ4v) is 6.87. The number of fused-ring (bicyclic) bond motifs is 1. The third-order valence-electron chi connectivity index (χ3n) is 5.12. The summed E-state index contributed by atoms with van der Waals surface area (Å²) in [6, 6.07) is 13.5. The van der Waals surface area contributed by atoms with Crippen molar-refractivity contribution < 1.29 is 13.2 Å². The quantitative estimate of drug-likeness (QED) is 0.392. The molecule has 1 fully saturated rings. The van der Waals surface area contributed by atoms with Gasteiger partial charge in [0.2, 0.25) is 10.0 Å². The Morgan fingerprint density at radius 2 is 1.84 bits per heavy atom. The number of thiophene rings is 1. The Bertz CT molecular complexity index is 1350. The van der Waals surface area contributed by atoms with Crippen LogP contribution < -0.4 is 0 Å². The molecule has 0 bridgehead atoms. The molecule has 0 unspecified atom stereocenters. The van der Waals surface area contributed by atoms with E-state index >= 15 is 0 Å². The summed E-state index contributed by atoms with van der Waals surface area (Å²) < 4.78 is 32.4. The molecule has 7 nitrogen and oxygen atoms in total. The van der Waals surface area contributed by atoms with Gasteiger partial charge in [-0.25, -0.2) is 23.4 Å². The minimum atomic E-state index is -3.57. The molecular formula is C22H20N4O3S3. The number of morpholine rings is 1. The van der Waals surface area contributed by atoms with Crippen molar-refractivity contribution in [3.8, 4) is 11.1 Å². The van der Waals surface area contributed by atoms with Gasteiger partial charge in [-0.15, -0.1) is 11.3 Å². The molecule has 4 heterocycles. The zero-order valence-corrected chi connectivity index (χ0v) is 19.7. The van der Waals surface area contributed by atoms with E-state index in [4.69, 9.17) is 4.74 Å². The van der Waals surface area contributed by atoms with Crippen LogP contribution >= 0.6 is 23.1 Å². The highest BCUT2D eigenvalue weighted by molar-refractivity contribution is 7.99. The Morgan fingerprint density at radius 1 is 1.06 bits per heavy atom.